The maximum absolute atomic E-state index is 12.6. The highest BCUT2D eigenvalue weighted by Crippen LogP contribution is 2.19. The van der Waals surface area contributed by atoms with Crippen LogP contribution in [0, 0.1) is 0 Å². The molecule has 3 rings (SSSR count). The number of aromatic nitrogens is 1. The lowest BCUT2D eigenvalue weighted by Crippen LogP contribution is -2.34. The minimum atomic E-state index is -0.169. The molecule has 0 aliphatic heterocycles. The van der Waals surface area contributed by atoms with Crippen molar-refractivity contribution in [3.8, 4) is 5.75 Å². The molecule has 23 heavy (non-hydrogen) atoms. The van der Waals surface area contributed by atoms with E-state index in [1.54, 1.807) is 4.90 Å². The third-order valence-electron chi connectivity index (χ3n) is 3.62. The van der Waals surface area contributed by atoms with E-state index in [-0.39, 0.29) is 11.7 Å². The number of fused-ring (bicyclic) bond motifs is 1. The van der Waals surface area contributed by atoms with E-state index in [2.05, 4.69) is 5.16 Å². The van der Waals surface area contributed by atoms with E-state index in [4.69, 9.17) is 9.26 Å². The number of nitrogens with zero attached hydrogens (tertiary/aromatic N) is 2. The van der Waals surface area contributed by atoms with E-state index in [0.29, 0.717) is 25.2 Å². The van der Waals surface area contributed by atoms with Gasteiger partial charge in [0.25, 0.3) is 5.91 Å². The Morgan fingerprint density at radius 3 is 2.65 bits per heavy atom. The molecule has 1 amide bonds. The van der Waals surface area contributed by atoms with Crippen LogP contribution in [0.2, 0.25) is 0 Å². The lowest BCUT2D eigenvalue weighted by Gasteiger charge is -2.19. The number of hydrogen-bond acceptors (Lipinski definition) is 4. The fraction of sp³-hybridized carbons (Fsp3) is 0.222. The summed E-state index contributed by atoms with van der Waals surface area (Å²) in [6.45, 7) is 3.42. The second-order valence-electron chi connectivity index (χ2n) is 5.08. The molecule has 0 spiro atoms. The first kappa shape index (κ1) is 15.1. The topological polar surface area (TPSA) is 55.6 Å². The SMILES string of the molecule is CCN(CCOc1ccccc1)C(=O)c1onc2ccccc12. The standard InChI is InChI=1S/C18H18N2O3/c1-2-20(12-13-22-14-8-4-3-5-9-14)18(21)17-15-10-6-7-11-16(15)19-23-17/h3-11H,2,12-13H2,1H3. The minimum Gasteiger partial charge on any atom is -0.492 e. The van der Waals surface area contributed by atoms with Gasteiger partial charge in [-0.3, -0.25) is 4.79 Å². The van der Waals surface area contributed by atoms with Crippen molar-refractivity contribution >= 4 is 16.8 Å². The number of benzene rings is 2. The molecule has 0 fully saturated rings. The average molecular weight is 310 g/mol. The number of rotatable bonds is 6. The molecule has 0 saturated carbocycles. The molecule has 0 bridgehead atoms. The molecule has 2 aromatic carbocycles. The van der Waals surface area contributed by atoms with E-state index in [0.717, 1.165) is 11.1 Å². The molecular formula is C18H18N2O3. The van der Waals surface area contributed by atoms with Gasteiger partial charge in [-0.05, 0) is 31.2 Å². The summed E-state index contributed by atoms with van der Waals surface area (Å²) in [5.41, 5.74) is 0.687. The third kappa shape index (κ3) is 3.34. The minimum absolute atomic E-state index is 0.169. The smallest absolute Gasteiger partial charge is 0.293 e. The van der Waals surface area contributed by atoms with Crippen LogP contribution in [0.3, 0.4) is 0 Å². The monoisotopic (exact) mass is 310 g/mol. The lowest BCUT2D eigenvalue weighted by molar-refractivity contribution is 0.0701. The van der Waals surface area contributed by atoms with Gasteiger partial charge in [-0.1, -0.05) is 35.5 Å². The molecule has 0 saturated heterocycles. The summed E-state index contributed by atoms with van der Waals surface area (Å²) in [5, 5.41) is 4.67. The van der Waals surface area contributed by atoms with Crippen molar-refractivity contribution in [1.82, 2.24) is 10.1 Å². The summed E-state index contributed by atoms with van der Waals surface area (Å²) in [4.78, 5) is 14.3. The van der Waals surface area contributed by atoms with Crippen LogP contribution in [-0.2, 0) is 0 Å². The molecular weight excluding hydrogens is 292 g/mol. The van der Waals surface area contributed by atoms with Crippen molar-refractivity contribution in [2.75, 3.05) is 19.7 Å². The number of para-hydroxylation sites is 1. The van der Waals surface area contributed by atoms with Gasteiger partial charge < -0.3 is 14.2 Å². The summed E-state index contributed by atoms with van der Waals surface area (Å²) >= 11 is 0. The number of amides is 1. The van der Waals surface area contributed by atoms with E-state index >= 15 is 0 Å². The molecule has 3 aromatic rings. The molecule has 0 aliphatic rings. The summed E-state index contributed by atoms with van der Waals surface area (Å²) < 4.78 is 10.9. The summed E-state index contributed by atoms with van der Waals surface area (Å²) in [5.74, 6) is 0.904. The molecule has 1 heterocycles. The molecule has 5 heteroatoms. The fourth-order valence-electron chi connectivity index (χ4n) is 2.38. The number of likely N-dealkylation sites (N-methyl/N-ethyl adjacent to an activating group) is 1. The number of hydrogen-bond donors (Lipinski definition) is 0. The van der Waals surface area contributed by atoms with Gasteiger partial charge >= 0.3 is 0 Å². The Balaban J connectivity index is 1.67. The third-order valence-corrected chi connectivity index (χ3v) is 3.62. The maximum Gasteiger partial charge on any atom is 0.293 e. The second-order valence-corrected chi connectivity index (χ2v) is 5.08. The largest absolute Gasteiger partial charge is 0.492 e. The number of ether oxygens (including phenoxy) is 1. The highest BCUT2D eigenvalue weighted by Gasteiger charge is 2.21. The van der Waals surface area contributed by atoms with E-state index in [1.807, 2.05) is 61.5 Å². The van der Waals surface area contributed by atoms with Crippen molar-refractivity contribution < 1.29 is 14.1 Å². The van der Waals surface area contributed by atoms with Gasteiger partial charge in [0, 0.05) is 6.54 Å². The van der Waals surface area contributed by atoms with Crippen molar-refractivity contribution in [1.29, 1.82) is 0 Å². The van der Waals surface area contributed by atoms with E-state index in [9.17, 15) is 4.79 Å². The molecule has 0 unspecified atom stereocenters. The van der Waals surface area contributed by atoms with Crippen LogP contribution in [0.4, 0.5) is 0 Å². The Hall–Kier alpha value is -2.82. The summed E-state index contributed by atoms with van der Waals surface area (Å²) in [6, 6.07) is 16.9. The van der Waals surface area contributed by atoms with Gasteiger partial charge in [0.1, 0.15) is 17.9 Å². The maximum atomic E-state index is 12.6. The van der Waals surface area contributed by atoms with Crippen molar-refractivity contribution in [2.45, 2.75) is 6.92 Å². The molecule has 1 aromatic heterocycles. The zero-order valence-corrected chi connectivity index (χ0v) is 12.9. The Labute approximate surface area is 134 Å². The zero-order valence-electron chi connectivity index (χ0n) is 12.9. The quantitative estimate of drug-likeness (QED) is 0.700. The van der Waals surface area contributed by atoms with E-state index in [1.165, 1.54) is 0 Å². The van der Waals surface area contributed by atoms with Gasteiger partial charge in [0.2, 0.25) is 5.76 Å². The van der Waals surface area contributed by atoms with Crippen LogP contribution in [-0.4, -0.2) is 35.7 Å². The van der Waals surface area contributed by atoms with Gasteiger partial charge in [-0.2, -0.15) is 0 Å². The van der Waals surface area contributed by atoms with Gasteiger partial charge in [0.05, 0.1) is 11.9 Å². The lowest BCUT2D eigenvalue weighted by atomic mass is 10.2. The summed E-state index contributed by atoms with van der Waals surface area (Å²) in [7, 11) is 0. The number of carbonyl (C=O) groups is 1. The molecule has 5 nitrogen and oxygen atoms in total. The predicted octanol–water partition coefficient (Wildman–Crippen LogP) is 3.37. The molecule has 118 valence electrons. The van der Waals surface area contributed by atoms with Crippen LogP contribution in [0.5, 0.6) is 5.75 Å². The molecule has 0 aliphatic carbocycles. The first-order valence-electron chi connectivity index (χ1n) is 7.61. The normalized spacial score (nSPS) is 10.7. The highest BCUT2D eigenvalue weighted by atomic mass is 16.5. The van der Waals surface area contributed by atoms with Gasteiger partial charge in [0.15, 0.2) is 0 Å². The number of carbonyl (C=O) groups excluding carboxylic acids is 1. The van der Waals surface area contributed by atoms with Crippen molar-refractivity contribution in [3.63, 3.8) is 0 Å². The molecule has 0 atom stereocenters. The molecule has 0 N–H and O–H groups in total. The fourth-order valence-corrected chi connectivity index (χ4v) is 2.38. The zero-order chi connectivity index (χ0) is 16.1. The Bertz CT molecular complexity index is 783. The Morgan fingerprint density at radius 2 is 1.87 bits per heavy atom. The first-order chi connectivity index (χ1) is 11.3. The summed E-state index contributed by atoms with van der Waals surface area (Å²) in [6.07, 6.45) is 0. The second kappa shape index (κ2) is 6.96. The van der Waals surface area contributed by atoms with Crippen molar-refractivity contribution in [2.24, 2.45) is 0 Å². The average Bonchev–Trinajstić information content (AvgIpc) is 3.03. The van der Waals surface area contributed by atoms with Crippen LogP contribution < -0.4 is 4.74 Å². The Morgan fingerprint density at radius 1 is 1.13 bits per heavy atom. The first-order valence-corrected chi connectivity index (χ1v) is 7.61. The van der Waals surface area contributed by atoms with Crippen molar-refractivity contribution in [3.05, 3.63) is 60.4 Å². The molecule has 0 radical (unpaired) electrons. The Kier molecular flexibility index (Phi) is 4.57. The van der Waals surface area contributed by atoms with Crippen LogP contribution >= 0.6 is 0 Å². The van der Waals surface area contributed by atoms with Gasteiger partial charge in [-0.25, -0.2) is 0 Å². The van der Waals surface area contributed by atoms with Gasteiger partial charge in [-0.15, -0.1) is 0 Å². The highest BCUT2D eigenvalue weighted by molar-refractivity contribution is 6.03. The predicted molar refractivity (Wildman–Crippen MR) is 87.5 cm³/mol. The van der Waals surface area contributed by atoms with E-state index < -0.39 is 0 Å². The van der Waals surface area contributed by atoms with Crippen LogP contribution in [0.1, 0.15) is 17.5 Å². The van der Waals surface area contributed by atoms with Crippen LogP contribution in [0.15, 0.2) is 59.1 Å². The van der Waals surface area contributed by atoms with Crippen LogP contribution in [0.25, 0.3) is 10.9 Å².